The molecule has 0 fully saturated rings. The molecule has 2 amide bonds. The van der Waals surface area contributed by atoms with E-state index in [1.165, 1.54) is 5.56 Å². The second-order valence-electron chi connectivity index (χ2n) is 4.05. The van der Waals surface area contributed by atoms with E-state index >= 15 is 0 Å². The van der Waals surface area contributed by atoms with Gasteiger partial charge >= 0.3 is 12.0 Å². The smallest absolute Gasteiger partial charge is 0.315 e. The maximum absolute atomic E-state index is 11.5. The molecule has 1 unspecified atom stereocenters. The summed E-state index contributed by atoms with van der Waals surface area (Å²) < 4.78 is 0. The molecule has 0 bridgehead atoms. The number of carbonyl (C=O) groups is 2. The Labute approximate surface area is 110 Å². The van der Waals surface area contributed by atoms with E-state index in [1.807, 2.05) is 11.4 Å². The lowest BCUT2D eigenvalue weighted by atomic mass is 10.2. The average Bonchev–Trinajstić information content (AvgIpc) is 2.72. The van der Waals surface area contributed by atoms with Crippen LogP contribution in [0.2, 0.25) is 0 Å². The number of hydrogen-bond donors (Lipinski definition) is 3. The van der Waals surface area contributed by atoms with E-state index in [1.54, 1.807) is 18.3 Å². The summed E-state index contributed by atoms with van der Waals surface area (Å²) in [5.74, 6) is -0.922. The van der Waals surface area contributed by atoms with Crippen LogP contribution in [0.25, 0.3) is 0 Å². The highest BCUT2D eigenvalue weighted by Crippen LogP contribution is 2.16. The van der Waals surface area contributed by atoms with Gasteiger partial charge in [-0.2, -0.15) is 0 Å². The molecular formula is C12H18N2O3S. The highest BCUT2D eigenvalue weighted by molar-refractivity contribution is 7.10. The van der Waals surface area contributed by atoms with Crippen LogP contribution in [0.3, 0.4) is 0 Å². The van der Waals surface area contributed by atoms with Crippen LogP contribution in [0.15, 0.2) is 11.4 Å². The maximum atomic E-state index is 11.5. The van der Waals surface area contributed by atoms with Gasteiger partial charge in [0.1, 0.15) is 0 Å². The van der Waals surface area contributed by atoms with Gasteiger partial charge in [-0.15, -0.1) is 11.3 Å². The molecule has 1 rings (SSSR count). The third-order valence-corrected chi connectivity index (χ3v) is 3.45. The summed E-state index contributed by atoms with van der Waals surface area (Å²) in [7, 11) is 0. The summed E-state index contributed by atoms with van der Waals surface area (Å²) in [6.45, 7) is 4.21. The molecule has 6 heteroatoms. The maximum Gasteiger partial charge on any atom is 0.315 e. The molecule has 0 aliphatic heterocycles. The van der Waals surface area contributed by atoms with Gasteiger partial charge in [0.25, 0.3) is 0 Å². The molecule has 0 spiro atoms. The molecule has 0 saturated heterocycles. The van der Waals surface area contributed by atoms with Crippen LogP contribution in [0, 0.1) is 0 Å². The van der Waals surface area contributed by atoms with E-state index in [4.69, 9.17) is 5.11 Å². The summed E-state index contributed by atoms with van der Waals surface area (Å²) in [6, 6.07) is 1.34. The summed E-state index contributed by atoms with van der Waals surface area (Å²) in [4.78, 5) is 23.1. The second kappa shape index (κ2) is 7.00. The number of aryl methyl sites for hydroxylation is 1. The number of amides is 2. The van der Waals surface area contributed by atoms with Crippen LogP contribution in [0.5, 0.6) is 0 Å². The average molecular weight is 270 g/mol. The first-order chi connectivity index (χ1) is 8.52. The molecule has 1 aromatic heterocycles. The Hall–Kier alpha value is -1.56. The van der Waals surface area contributed by atoms with Crippen molar-refractivity contribution in [1.82, 2.24) is 10.6 Å². The van der Waals surface area contributed by atoms with Crippen molar-refractivity contribution in [1.29, 1.82) is 0 Å². The predicted molar refractivity (Wildman–Crippen MR) is 70.8 cm³/mol. The molecule has 1 aromatic rings. The van der Waals surface area contributed by atoms with Gasteiger partial charge in [0.2, 0.25) is 0 Å². The molecule has 18 heavy (non-hydrogen) atoms. The number of carboxylic acids is 1. The fourth-order valence-corrected chi connectivity index (χ4v) is 2.50. The number of rotatable bonds is 6. The highest BCUT2D eigenvalue weighted by atomic mass is 32.1. The number of hydrogen-bond acceptors (Lipinski definition) is 3. The summed E-state index contributed by atoms with van der Waals surface area (Å²) in [6.07, 6.45) is 0.865. The molecule has 0 aliphatic rings. The first-order valence-corrected chi connectivity index (χ1v) is 6.72. The van der Waals surface area contributed by atoms with Crippen LogP contribution >= 0.6 is 11.3 Å². The monoisotopic (exact) mass is 270 g/mol. The van der Waals surface area contributed by atoms with Gasteiger partial charge in [-0.25, -0.2) is 4.79 Å². The Morgan fingerprint density at radius 3 is 2.83 bits per heavy atom. The predicted octanol–water partition coefficient (Wildman–Crippen LogP) is 1.97. The first-order valence-electron chi connectivity index (χ1n) is 5.84. The summed E-state index contributed by atoms with van der Waals surface area (Å²) in [5, 5.41) is 15.9. The Balaban J connectivity index is 2.35. The van der Waals surface area contributed by atoms with Crippen molar-refractivity contribution in [2.24, 2.45) is 0 Å². The summed E-state index contributed by atoms with van der Waals surface area (Å²) in [5.41, 5.74) is 1.24. The van der Waals surface area contributed by atoms with Crippen molar-refractivity contribution in [2.75, 3.05) is 0 Å². The number of carboxylic acid groups (broad SMARTS) is 1. The molecule has 5 nitrogen and oxygen atoms in total. The largest absolute Gasteiger partial charge is 0.481 e. The van der Waals surface area contributed by atoms with Crippen LogP contribution in [0.4, 0.5) is 4.79 Å². The molecule has 1 atom stereocenters. The van der Waals surface area contributed by atoms with Gasteiger partial charge in [0, 0.05) is 10.9 Å². The lowest BCUT2D eigenvalue weighted by molar-refractivity contribution is -0.137. The normalized spacial score (nSPS) is 11.9. The number of urea groups is 1. The Kier molecular flexibility index (Phi) is 5.64. The van der Waals surface area contributed by atoms with E-state index in [2.05, 4.69) is 17.6 Å². The molecular weight excluding hydrogens is 252 g/mol. The van der Waals surface area contributed by atoms with Crippen molar-refractivity contribution >= 4 is 23.3 Å². The highest BCUT2D eigenvalue weighted by Gasteiger charge is 2.11. The molecule has 0 radical (unpaired) electrons. The van der Waals surface area contributed by atoms with Crippen molar-refractivity contribution in [3.05, 3.63) is 21.9 Å². The van der Waals surface area contributed by atoms with Crippen LogP contribution in [0.1, 0.15) is 30.7 Å². The fourth-order valence-electron chi connectivity index (χ4n) is 1.59. The Bertz CT molecular complexity index is 417. The minimum absolute atomic E-state index is 0.0768. The van der Waals surface area contributed by atoms with Gasteiger partial charge < -0.3 is 15.7 Å². The molecule has 0 aliphatic carbocycles. The Morgan fingerprint density at radius 2 is 2.22 bits per heavy atom. The molecule has 0 aromatic carbocycles. The first kappa shape index (κ1) is 14.5. The molecule has 1 heterocycles. The zero-order chi connectivity index (χ0) is 13.5. The number of carbonyl (C=O) groups excluding carboxylic acids is 1. The fraction of sp³-hybridized carbons (Fsp3) is 0.500. The topological polar surface area (TPSA) is 78.4 Å². The van der Waals surface area contributed by atoms with E-state index in [0.29, 0.717) is 6.54 Å². The van der Waals surface area contributed by atoms with Crippen LogP contribution in [-0.4, -0.2) is 23.1 Å². The van der Waals surface area contributed by atoms with Crippen molar-refractivity contribution in [2.45, 2.75) is 39.3 Å². The standard InChI is InChI=1S/C12H18N2O3S/c1-3-9-4-5-18-10(9)7-13-12(17)14-8(2)6-11(15)16/h4-5,8H,3,6-7H2,1-2H3,(H,15,16)(H2,13,14,17). The molecule has 100 valence electrons. The van der Waals surface area contributed by atoms with Crippen molar-refractivity contribution in [3.63, 3.8) is 0 Å². The van der Waals surface area contributed by atoms with E-state index in [0.717, 1.165) is 11.3 Å². The minimum Gasteiger partial charge on any atom is -0.481 e. The number of nitrogens with one attached hydrogen (secondary N) is 2. The molecule has 3 N–H and O–H groups in total. The zero-order valence-electron chi connectivity index (χ0n) is 10.5. The van der Waals surface area contributed by atoms with Gasteiger partial charge in [0.15, 0.2) is 0 Å². The van der Waals surface area contributed by atoms with E-state index in [9.17, 15) is 9.59 Å². The third kappa shape index (κ3) is 4.75. The number of aliphatic carboxylic acids is 1. The lowest BCUT2D eigenvalue weighted by Gasteiger charge is -2.12. The van der Waals surface area contributed by atoms with Crippen molar-refractivity contribution < 1.29 is 14.7 Å². The van der Waals surface area contributed by atoms with Gasteiger partial charge in [-0.3, -0.25) is 4.79 Å². The van der Waals surface area contributed by atoms with E-state index in [-0.39, 0.29) is 18.5 Å². The zero-order valence-corrected chi connectivity index (χ0v) is 11.3. The SMILES string of the molecule is CCc1ccsc1CNC(=O)NC(C)CC(=O)O. The van der Waals surface area contributed by atoms with Gasteiger partial charge in [0.05, 0.1) is 13.0 Å². The minimum atomic E-state index is -0.922. The quantitative estimate of drug-likeness (QED) is 0.739. The number of thiophene rings is 1. The van der Waals surface area contributed by atoms with Crippen LogP contribution in [-0.2, 0) is 17.8 Å². The second-order valence-corrected chi connectivity index (χ2v) is 5.05. The molecule has 0 saturated carbocycles. The van der Waals surface area contributed by atoms with Crippen LogP contribution < -0.4 is 10.6 Å². The van der Waals surface area contributed by atoms with E-state index < -0.39 is 5.97 Å². The Morgan fingerprint density at radius 1 is 1.50 bits per heavy atom. The third-order valence-electron chi connectivity index (χ3n) is 2.49. The van der Waals surface area contributed by atoms with Gasteiger partial charge in [-0.1, -0.05) is 6.92 Å². The van der Waals surface area contributed by atoms with Crippen molar-refractivity contribution in [3.8, 4) is 0 Å². The van der Waals surface area contributed by atoms with Gasteiger partial charge in [-0.05, 0) is 30.4 Å². The lowest BCUT2D eigenvalue weighted by Crippen LogP contribution is -2.41. The summed E-state index contributed by atoms with van der Waals surface area (Å²) >= 11 is 1.61.